The van der Waals surface area contributed by atoms with Crippen molar-refractivity contribution < 1.29 is 9.13 Å². The van der Waals surface area contributed by atoms with Crippen LogP contribution in [0.1, 0.15) is 11.6 Å². The molecule has 1 aromatic carbocycles. The van der Waals surface area contributed by atoms with Crippen LogP contribution in [0.2, 0.25) is 0 Å². The van der Waals surface area contributed by atoms with Crippen molar-refractivity contribution in [3.8, 4) is 0 Å². The summed E-state index contributed by atoms with van der Waals surface area (Å²) in [5, 5.41) is 0. The molecule has 0 aliphatic carbocycles. The Balaban J connectivity index is 2.09. The maximum atomic E-state index is 13.1. The van der Waals surface area contributed by atoms with Gasteiger partial charge >= 0.3 is 0 Å². The van der Waals surface area contributed by atoms with Gasteiger partial charge in [0, 0.05) is 13.1 Å². The van der Waals surface area contributed by atoms with Crippen LogP contribution in [0.3, 0.4) is 0 Å². The second-order valence-electron chi connectivity index (χ2n) is 4.25. The summed E-state index contributed by atoms with van der Waals surface area (Å²) in [5.41, 5.74) is 6.87. The van der Waals surface area contributed by atoms with Crippen molar-refractivity contribution in [1.82, 2.24) is 4.90 Å². The molecule has 0 saturated carbocycles. The highest BCUT2D eigenvalue weighted by molar-refractivity contribution is 5.21. The lowest BCUT2D eigenvalue weighted by molar-refractivity contribution is -0.0326. The second kappa shape index (κ2) is 4.91. The van der Waals surface area contributed by atoms with E-state index >= 15 is 0 Å². The van der Waals surface area contributed by atoms with E-state index in [1.165, 1.54) is 12.1 Å². The van der Waals surface area contributed by atoms with Crippen LogP contribution in [0, 0.1) is 5.82 Å². The zero-order valence-corrected chi connectivity index (χ0v) is 9.40. The fourth-order valence-electron chi connectivity index (χ4n) is 1.96. The molecule has 0 amide bonds. The molecule has 88 valence electrons. The predicted octanol–water partition coefficient (Wildman–Crippen LogP) is 1.16. The minimum Gasteiger partial charge on any atom is -0.374 e. The number of hydrogen-bond donors (Lipinski definition) is 1. The van der Waals surface area contributed by atoms with E-state index in [-0.39, 0.29) is 18.0 Å². The Morgan fingerprint density at radius 1 is 1.56 bits per heavy atom. The Morgan fingerprint density at radius 3 is 3.06 bits per heavy atom. The Labute approximate surface area is 95.0 Å². The first kappa shape index (κ1) is 11.5. The first-order valence-corrected chi connectivity index (χ1v) is 5.48. The SMILES string of the molecule is CN1CCOC(C(N)c2cccc(F)c2)C1. The molecule has 1 heterocycles. The Morgan fingerprint density at radius 2 is 2.38 bits per heavy atom. The van der Waals surface area contributed by atoms with Crippen LogP contribution in [0.5, 0.6) is 0 Å². The standard InChI is InChI=1S/C12H17FN2O/c1-15-5-6-16-11(8-15)12(14)9-3-2-4-10(13)7-9/h2-4,7,11-12H,5-6,8,14H2,1H3. The van der Waals surface area contributed by atoms with Crippen LogP contribution >= 0.6 is 0 Å². The van der Waals surface area contributed by atoms with Crippen molar-refractivity contribution in [3.05, 3.63) is 35.6 Å². The molecule has 0 radical (unpaired) electrons. The number of nitrogens with two attached hydrogens (primary N) is 1. The van der Waals surface area contributed by atoms with Gasteiger partial charge in [-0.3, -0.25) is 0 Å². The van der Waals surface area contributed by atoms with Gasteiger partial charge in [-0.25, -0.2) is 4.39 Å². The highest BCUT2D eigenvalue weighted by atomic mass is 19.1. The predicted molar refractivity (Wildman–Crippen MR) is 60.6 cm³/mol. The average Bonchev–Trinajstić information content (AvgIpc) is 2.28. The van der Waals surface area contributed by atoms with Crippen molar-refractivity contribution in [2.75, 3.05) is 26.7 Å². The van der Waals surface area contributed by atoms with Crippen molar-refractivity contribution in [2.45, 2.75) is 12.1 Å². The lowest BCUT2D eigenvalue weighted by Gasteiger charge is -2.33. The summed E-state index contributed by atoms with van der Waals surface area (Å²) >= 11 is 0. The number of benzene rings is 1. The fraction of sp³-hybridized carbons (Fsp3) is 0.500. The van der Waals surface area contributed by atoms with Gasteiger partial charge < -0.3 is 15.4 Å². The summed E-state index contributed by atoms with van der Waals surface area (Å²) in [7, 11) is 2.04. The van der Waals surface area contributed by atoms with Crippen LogP contribution in [0.25, 0.3) is 0 Å². The minimum atomic E-state index is -0.265. The Bertz CT molecular complexity index is 359. The fourth-order valence-corrected chi connectivity index (χ4v) is 1.96. The van der Waals surface area contributed by atoms with Crippen LogP contribution in [-0.4, -0.2) is 37.7 Å². The zero-order chi connectivity index (χ0) is 11.5. The average molecular weight is 224 g/mol. The molecular formula is C12H17FN2O. The van der Waals surface area contributed by atoms with E-state index in [0.29, 0.717) is 6.61 Å². The molecule has 4 heteroatoms. The van der Waals surface area contributed by atoms with E-state index in [2.05, 4.69) is 4.90 Å². The van der Waals surface area contributed by atoms with Gasteiger partial charge in [0.15, 0.2) is 0 Å². The van der Waals surface area contributed by atoms with Crippen molar-refractivity contribution in [2.24, 2.45) is 5.73 Å². The first-order valence-electron chi connectivity index (χ1n) is 5.48. The first-order chi connectivity index (χ1) is 7.66. The van der Waals surface area contributed by atoms with Crippen molar-refractivity contribution in [1.29, 1.82) is 0 Å². The molecule has 3 nitrogen and oxygen atoms in total. The maximum absolute atomic E-state index is 13.1. The molecule has 1 aromatic rings. The molecule has 16 heavy (non-hydrogen) atoms. The van der Waals surface area contributed by atoms with Crippen LogP contribution in [-0.2, 0) is 4.74 Å². The van der Waals surface area contributed by atoms with Gasteiger partial charge in [0.1, 0.15) is 5.82 Å². The summed E-state index contributed by atoms with van der Waals surface area (Å²) in [6.45, 7) is 2.40. The normalized spacial score (nSPS) is 24.3. The molecule has 0 bridgehead atoms. The van der Waals surface area contributed by atoms with Gasteiger partial charge in [0.25, 0.3) is 0 Å². The molecule has 0 aromatic heterocycles. The third-order valence-electron chi connectivity index (χ3n) is 2.93. The summed E-state index contributed by atoms with van der Waals surface area (Å²) < 4.78 is 18.7. The second-order valence-corrected chi connectivity index (χ2v) is 4.25. The zero-order valence-electron chi connectivity index (χ0n) is 9.40. The third-order valence-corrected chi connectivity index (χ3v) is 2.93. The van der Waals surface area contributed by atoms with Gasteiger partial charge in [-0.1, -0.05) is 12.1 Å². The van der Waals surface area contributed by atoms with E-state index in [1.54, 1.807) is 6.07 Å². The van der Waals surface area contributed by atoms with E-state index in [9.17, 15) is 4.39 Å². The van der Waals surface area contributed by atoms with E-state index < -0.39 is 0 Å². The number of hydrogen-bond acceptors (Lipinski definition) is 3. The van der Waals surface area contributed by atoms with E-state index in [0.717, 1.165) is 18.7 Å². The van der Waals surface area contributed by atoms with Crippen LogP contribution < -0.4 is 5.73 Å². The smallest absolute Gasteiger partial charge is 0.123 e. The summed E-state index contributed by atoms with van der Waals surface area (Å²) in [6, 6.07) is 6.15. The quantitative estimate of drug-likeness (QED) is 0.819. The van der Waals surface area contributed by atoms with Crippen LogP contribution in [0.4, 0.5) is 4.39 Å². The molecule has 1 aliphatic rings. The van der Waals surface area contributed by atoms with Crippen molar-refractivity contribution in [3.63, 3.8) is 0 Å². The topological polar surface area (TPSA) is 38.5 Å². The lowest BCUT2D eigenvalue weighted by Crippen LogP contribution is -2.45. The molecule has 1 aliphatic heterocycles. The number of ether oxygens (including phenoxy) is 1. The molecule has 2 atom stereocenters. The molecule has 1 saturated heterocycles. The number of nitrogens with zero attached hydrogens (tertiary/aromatic N) is 1. The molecular weight excluding hydrogens is 207 g/mol. The summed E-state index contributed by atoms with van der Waals surface area (Å²) in [4.78, 5) is 2.17. The number of rotatable bonds is 2. The highest BCUT2D eigenvalue weighted by Crippen LogP contribution is 2.20. The minimum absolute atomic E-state index is 0.0550. The van der Waals surface area contributed by atoms with E-state index in [1.807, 2.05) is 13.1 Å². The molecule has 0 spiro atoms. The van der Waals surface area contributed by atoms with E-state index in [4.69, 9.17) is 10.5 Å². The Hall–Kier alpha value is -0.970. The van der Waals surface area contributed by atoms with Gasteiger partial charge in [-0.2, -0.15) is 0 Å². The molecule has 2 rings (SSSR count). The van der Waals surface area contributed by atoms with Gasteiger partial charge in [0.05, 0.1) is 18.8 Å². The largest absolute Gasteiger partial charge is 0.374 e. The number of halogens is 1. The lowest BCUT2D eigenvalue weighted by atomic mass is 10.0. The van der Waals surface area contributed by atoms with Crippen LogP contribution in [0.15, 0.2) is 24.3 Å². The summed E-state index contributed by atoms with van der Waals surface area (Å²) in [5.74, 6) is -0.253. The highest BCUT2D eigenvalue weighted by Gasteiger charge is 2.25. The summed E-state index contributed by atoms with van der Waals surface area (Å²) in [6.07, 6.45) is -0.0550. The number of morpholine rings is 1. The van der Waals surface area contributed by atoms with Gasteiger partial charge in [-0.15, -0.1) is 0 Å². The Kier molecular flexibility index (Phi) is 3.53. The van der Waals surface area contributed by atoms with Gasteiger partial charge in [0.2, 0.25) is 0 Å². The van der Waals surface area contributed by atoms with Crippen molar-refractivity contribution >= 4 is 0 Å². The third kappa shape index (κ3) is 2.58. The number of likely N-dealkylation sites (N-methyl/N-ethyl adjacent to an activating group) is 1. The molecule has 1 fully saturated rings. The molecule has 2 N–H and O–H groups in total. The maximum Gasteiger partial charge on any atom is 0.123 e. The van der Waals surface area contributed by atoms with Gasteiger partial charge in [-0.05, 0) is 24.7 Å². The molecule has 2 unspecified atom stereocenters. The monoisotopic (exact) mass is 224 g/mol.